The van der Waals surface area contributed by atoms with Crippen LogP contribution < -0.4 is 5.32 Å². The molecule has 15 heavy (non-hydrogen) atoms. The number of hydrogen-bond acceptors (Lipinski definition) is 4. The zero-order chi connectivity index (χ0) is 9.97. The molecule has 1 aliphatic rings. The second kappa shape index (κ2) is 5.53. The van der Waals surface area contributed by atoms with Crippen LogP contribution in [0, 0.1) is 6.92 Å². The van der Waals surface area contributed by atoms with Gasteiger partial charge >= 0.3 is 0 Å². The molecule has 0 aromatic carbocycles. The highest BCUT2D eigenvalue weighted by molar-refractivity contribution is 7.85. The summed E-state index contributed by atoms with van der Waals surface area (Å²) < 4.78 is 12.0. The van der Waals surface area contributed by atoms with Crippen molar-refractivity contribution in [2.24, 2.45) is 0 Å². The molecule has 1 fully saturated rings. The minimum atomic E-state index is -1.01. The number of aromatic nitrogens is 2. The fraction of sp³-hybridized carbons (Fsp3) is 0.556. The Bertz CT molecular complexity index is 355. The van der Waals surface area contributed by atoms with E-state index in [2.05, 4.69) is 15.3 Å². The molecule has 2 heterocycles. The Kier molecular flexibility index (Phi) is 4.63. The van der Waals surface area contributed by atoms with Crippen molar-refractivity contribution < 1.29 is 4.21 Å². The van der Waals surface area contributed by atoms with Crippen LogP contribution >= 0.6 is 12.4 Å². The quantitative estimate of drug-likeness (QED) is 0.835. The smallest absolute Gasteiger partial charge is 0.148 e. The molecule has 2 unspecified atom stereocenters. The average Bonchev–Trinajstić information content (AvgIpc) is 2.70. The molecule has 0 aliphatic carbocycles. The lowest BCUT2D eigenvalue weighted by atomic mass is 10.4. The van der Waals surface area contributed by atoms with E-state index in [-0.39, 0.29) is 17.7 Å². The molecular weight excluding hydrogens is 234 g/mol. The van der Waals surface area contributed by atoms with E-state index < -0.39 is 10.8 Å². The van der Waals surface area contributed by atoms with Crippen LogP contribution in [-0.2, 0) is 10.8 Å². The third-order valence-corrected chi connectivity index (χ3v) is 4.13. The largest absolute Gasteiger partial charge is 0.315 e. The predicted octanol–water partition coefficient (Wildman–Crippen LogP) is 0.676. The maximum Gasteiger partial charge on any atom is 0.148 e. The predicted molar refractivity (Wildman–Crippen MR) is 61.7 cm³/mol. The monoisotopic (exact) mass is 247 g/mol. The third kappa shape index (κ3) is 2.74. The molecule has 6 heteroatoms. The molecule has 1 aromatic rings. The Labute approximate surface area is 97.8 Å². The number of hydrogen-bond donors (Lipinski definition) is 1. The number of nitrogens with one attached hydrogen (secondary N) is 1. The van der Waals surface area contributed by atoms with Gasteiger partial charge in [0.25, 0.3) is 0 Å². The highest BCUT2D eigenvalue weighted by Gasteiger charge is 2.24. The summed E-state index contributed by atoms with van der Waals surface area (Å²) in [6.07, 6.45) is 4.19. The standard InChI is InChI=1S/C9H13N3OS.ClH/c1-7-9(12-5-4-11-7)14(13)8-2-3-10-6-8;/h4-5,8,10H,2-3,6H2,1H3;1H. The zero-order valence-electron chi connectivity index (χ0n) is 8.47. The minimum absolute atomic E-state index is 0. The van der Waals surface area contributed by atoms with Crippen molar-refractivity contribution >= 4 is 23.2 Å². The van der Waals surface area contributed by atoms with Crippen molar-refractivity contribution in [2.45, 2.75) is 23.6 Å². The summed E-state index contributed by atoms with van der Waals surface area (Å²) in [6.45, 7) is 3.63. The highest BCUT2D eigenvalue weighted by Crippen LogP contribution is 2.15. The van der Waals surface area contributed by atoms with E-state index in [0.29, 0.717) is 5.03 Å². The Hall–Kier alpha value is -0.520. The fourth-order valence-electron chi connectivity index (χ4n) is 1.56. The van der Waals surface area contributed by atoms with E-state index in [0.717, 1.165) is 25.2 Å². The van der Waals surface area contributed by atoms with Crippen LogP contribution in [0.25, 0.3) is 0 Å². The van der Waals surface area contributed by atoms with Crippen molar-refractivity contribution in [3.63, 3.8) is 0 Å². The lowest BCUT2D eigenvalue weighted by Crippen LogP contribution is -2.20. The van der Waals surface area contributed by atoms with Crippen molar-refractivity contribution in [3.8, 4) is 0 Å². The van der Waals surface area contributed by atoms with E-state index in [1.54, 1.807) is 12.4 Å². The van der Waals surface area contributed by atoms with Gasteiger partial charge in [-0.15, -0.1) is 12.4 Å². The third-order valence-electron chi connectivity index (χ3n) is 2.34. The van der Waals surface area contributed by atoms with Gasteiger partial charge in [0, 0.05) is 18.9 Å². The van der Waals surface area contributed by atoms with Crippen LogP contribution in [0.3, 0.4) is 0 Å². The van der Waals surface area contributed by atoms with E-state index in [1.165, 1.54) is 0 Å². The topological polar surface area (TPSA) is 54.9 Å². The van der Waals surface area contributed by atoms with Crippen LogP contribution in [0.2, 0.25) is 0 Å². The molecule has 0 radical (unpaired) electrons. The van der Waals surface area contributed by atoms with E-state index in [1.807, 2.05) is 6.92 Å². The van der Waals surface area contributed by atoms with Crippen molar-refractivity contribution in [1.29, 1.82) is 0 Å². The second-order valence-corrected chi connectivity index (χ2v) is 5.01. The van der Waals surface area contributed by atoms with Gasteiger partial charge in [-0.2, -0.15) is 0 Å². The first-order chi connectivity index (χ1) is 6.79. The first-order valence-corrected chi connectivity index (χ1v) is 5.89. The van der Waals surface area contributed by atoms with Gasteiger partial charge < -0.3 is 5.32 Å². The summed E-state index contributed by atoms with van der Waals surface area (Å²) >= 11 is 0. The summed E-state index contributed by atoms with van der Waals surface area (Å²) in [5, 5.41) is 4.04. The van der Waals surface area contributed by atoms with Crippen molar-refractivity contribution in [3.05, 3.63) is 18.1 Å². The molecule has 2 rings (SSSR count). The molecule has 4 nitrogen and oxygen atoms in total. The average molecular weight is 248 g/mol. The Balaban J connectivity index is 0.00000112. The first kappa shape index (κ1) is 12.5. The first-order valence-electron chi connectivity index (χ1n) is 4.68. The minimum Gasteiger partial charge on any atom is -0.315 e. The van der Waals surface area contributed by atoms with Crippen molar-refractivity contribution in [2.75, 3.05) is 13.1 Å². The molecule has 1 aromatic heterocycles. The zero-order valence-corrected chi connectivity index (χ0v) is 10.1. The van der Waals surface area contributed by atoms with Crippen LogP contribution in [0.4, 0.5) is 0 Å². The molecule has 2 atom stereocenters. The lowest BCUT2D eigenvalue weighted by Gasteiger charge is -2.08. The number of aryl methyl sites for hydroxylation is 1. The highest BCUT2D eigenvalue weighted by atomic mass is 35.5. The van der Waals surface area contributed by atoms with Gasteiger partial charge in [0.2, 0.25) is 0 Å². The lowest BCUT2D eigenvalue weighted by molar-refractivity contribution is 0.667. The molecular formula is C9H14ClN3OS. The van der Waals surface area contributed by atoms with E-state index >= 15 is 0 Å². The number of nitrogens with zero attached hydrogens (tertiary/aromatic N) is 2. The van der Waals surface area contributed by atoms with E-state index in [9.17, 15) is 4.21 Å². The molecule has 0 amide bonds. The van der Waals surface area contributed by atoms with Gasteiger partial charge in [-0.25, -0.2) is 4.98 Å². The molecule has 1 saturated heterocycles. The SMILES string of the molecule is Cc1nccnc1S(=O)C1CCNC1.Cl. The van der Waals surface area contributed by atoms with Gasteiger partial charge in [0.05, 0.1) is 21.7 Å². The molecule has 0 spiro atoms. The van der Waals surface area contributed by atoms with Gasteiger partial charge in [-0.1, -0.05) is 0 Å². The molecule has 1 aliphatic heterocycles. The van der Waals surface area contributed by atoms with Gasteiger partial charge in [0.1, 0.15) is 5.03 Å². The molecule has 0 saturated carbocycles. The summed E-state index contributed by atoms with van der Waals surface area (Å²) in [4.78, 5) is 8.23. The van der Waals surface area contributed by atoms with E-state index in [4.69, 9.17) is 0 Å². The molecule has 1 N–H and O–H groups in total. The summed E-state index contributed by atoms with van der Waals surface area (Å²) in [5.41, 5.74) is 0.776. The molecule has 84 valence electrons. The maximum absolute atomic E-state index is 12.0. The Morgan fingerprint density at radius 2 is 2.20 bits per heavy atom. The van der Waals surface area contributed by atoms with Gasteiger partial charge in [0.15, 0.2) is 0 Å². The summed E-state index contributed by atoms with van der Waals surface area (Å²) in [5.74, 6) is 0. The molecule has 0 bridgehead atoms. The maximum atomic E-state index is 12.0. The fourth-order valence-corrected chi connectivity index (χ4v) is 2.99. The second-order valence-electron chi connectivity index (χ2n) is 3.36. The Morgan fingerprint density at radius 3 is 2.80 bits per heavy atom. The number of rotatable bonds is 2. The van der Waals surface area contributed by atoms with Crippen LogP contribution in [-0.4, -0.2) is 32.5 Å². The van der Waals surface area contributed by atoms with Gasteiger partial charge in [-0.3, -0.25) is 9.19 Å². The summed E-state index contributed by atoms with van der Waals surface area (Å²) in [6, 6.07) is 0. The van der Waals surface area contributed by atoms with Crippen LogP contribution in [0.5, 0.6) is 0 Å². The normalized spacial score (nSPS) is 22.1. The van der Waals surface area contributed by atoms with Gasteiger partial charge in [-0.05, 0) is 19.9 Å². The van der Waals surface area contributed by atoms with Crippen molar-refractivity contribution in [1.82, 2.24) is 15.3 Å². The summed E-state index contributed by atoms with van der Waals surface area (Å²) in [7, 11) is -1.01. The van der Waals surface area contributed by atoms with Crippen LogP contribution in [0.1, 0.15) is 12.1 Å². The van der Waals surface area contributed by atoms with Crippen LogP contribution in [0.15, 0.2) is 17.4 Å². The Morgan fingerprint density at radius 1 is 1.47 bits per heavy atom. The number of halogens is 1.